The fourth-order valence-corrected chi connectivity index (χ4v) is 2.17. The average molecular weight is 316 g/mol. The Morgan fingerprint density at radius 2 is 2.41 bits per heavy atom. The molecule has 2 aromatic heterocycles. The van der Waals surface area contributed by atoms with Gasteiger partial charge in [0.05, 0.1) is 30.0 Å². The first kappa shape index (κ1) is 15.9. The molecule has 0 bridgehead atoms. The van der Waals surface area contributed by atoms with Crippen LogP contribution in [0, 0.1) is 10.7 Å². The van der Waals surface area contributed by atoms with Crippen LogP contribution in [-0.4, -0.2) is 39.6 Å². The maximum atomic E-state index is 12.2. The molecule has 2 heterocycles. The van der Waals surface area contributed by atoms with Crippen molar-refractivity contribution in [3.05, 3.63) is 36.9 Å². The maximum Gasteiger partial charge on any atom is 0.321 e. The summed E-state index contributed by atoms with van der Waals surface area (Å²) in [6.45, 7) is 2.87. The smallest absolute Gasteiger partial charge is 0.321 e. The van der Waals surface area contributed by atoms with Crippen LogP contribution in [0.1, 0.15) is 6.92 Å². The van der Waals surface area contributed by atoms with Crippen LogP contribution >= 0.6 is 11.8 Å². The summed E-state index contributed by atoms with van der Waals surface area (Å²) >= 11 is 1.12. The monoisotopic (exact) mass is 316 g/mol. The Bertz CT molecular complexity index is 651. The highest BCUT2D eigenvalue weighted by Gasteiger charge is 2.15. The number of hydrogen-bond donors (Lipinski definition) is 1. The highest BCUT2D eigenvalue weighted by Crippen LogP contribution is 2.15. The average Bonchev–Trinajstić information content (AvgIpc) is 3.03. The second-order valence-corrected chi connectivity index (χ2v) is 5.15. The van der Waals surface area contributed by atoms with Crippen molar-refractivity contribution in [2.45, 2.75) is 6.92 Å². The van der Waals surface area contributed by atoms with Gasteiger partial charge in [-0.1, -0.05) is 0 Å². The number of hydrogen-bond acceptors (Lipinski definition) is 5. The molecular weight excluding hydrogens is 300 g/mol. The zero-order chi connectivity index (χ0) is 15.8. The number of nitrogens with one attached hydrogen (secondary N) is 1. The number of rotatable bonds is 6. The standard InChI is InChI=1S/C14H16N6OS/c1-2-19(14(21)17-6-7-22-11-15)13-9-18-20(10-13)12-4-3-5-16-8-12/h3-5,8-10H,2,6-7H2,1H3,(H,17,21). The van der Waals surface area contributed by atoms with Gasteiger partial charge in [-0.2, -0.15) is 10.4 Å². The van der Waals surface area contributed by atoms with E-state index in [2.05, 4.69) is 15.4 Å². The molecule has 2 amide bonds. The summed E-state index contributed by atoms with van der Waals surface area (Å²) in [5.41, 5.74) is 1.53. The number of carbonyl (C=O) groups excluding carboxylic acids is 1. The molecule has 0 unspecified atom stereocenters. The van der Waals surface area contributed by atoms with E-state index >= 15 is 0 Å². The van der Waals surface area contributed by atoms with Gasteiger partial charge in [-0.3, -0.25) is 9.88 Å². The van der Waals surface area contributed by atoms with Crippen LogP contribution in [0.5, 0.6) is 0 Å². The number of urea groups is 1. The third kappa shape index (κ3) is 3.99. The number of anilines is 1. The predicted molar refractivity (Wildman–Crippen MR) is 85.8 cm³/mol. The minimum absolute atomic E-state index is 0.202. The summed E-state index contributed by atoms with van der Waals surface area (Å²) in [4.78, 5) is 17.8. The van der Waals surface area contributed by atoms with Gasteiger partial charge in [0.15, 0.2) is 0 Å². The highest BCUT2D eigenvalue weighted by atomic mass is 32.2. The van der Waals surface area contributed by atoms with E-state index in [1.54, 1.807) is 34.4 Å². The van der Waals surface area contributed by atoms with E-state index in [0.29, 0.717) is 24.5 Å². The first-order chi connectivity index (χ1) is 10.8. The third-order valence-corrected chi connectivity index (χ3v) is 3.43. The second kappa shape index (κ2) is 8.05. The van der Waals surface area contributed by atoms with Crippen molar-refractivity contribution < 1.29 is 4.79 Å². The largest absolute Gasteiger partial charge is 0.337 e. The quantitative estimate of drug-likeness (QED) is 0.651. The Hall–Kier alpha value is -2.53. The SMILES string of the molecule is CCN(C(=O)NCCSC#N)c1cnn(-c2cccnc2)c1. The van der Waals surface area contributed by atoms with Crippen molar-refractivity contribution in [2.24, 2.45) is 0 Å². The number of aromatic nitrogens is 3. The number of carbonyl (C=O) groups is 1. The van der Waals surface area contributed by atoms with E-state index in [1.165, 1.54) is 0 Å². The minimum Gasteiger partial charge on any atom is -0.337 e. The number of nitrogens with zero attached hydrogens (tertiary/aromatic N) is 5. The van der Waals surface area contributed by atoms with Crippen LogP contribution in [0.3, 0.4) is 0 Å². The van der Waals surface area contributed by atoms with Gasteiger partial charge in [-0.05, 0) is 30.8 Å². The fraction of sp³-hybridized carbons (Fsp3) is 0.286. The Labute approximate surface area is 132 Å². The molecule has 0 aliphatic rings. The van der Waals surface area contributed by atoms with E-state index in [-0.39, 0.29) is 6.03 Å². The molecular formula is C14H16N6OS. The summed E-state index contributed by atoms with van der Waals surface area (Å²) in [5.74, 6) is 0.564. The van der Waals surface area contributed by atoms with Gasteiger partial charge in [0.25, 0.3) is 0 Å². The van der Waals surface area contributed by atoms with Gasteiger partial charge < -0.3 is 5.32 Å². The molecule has 22 heavy (non-hydrogen) atoms. The molecule has 2 rings (SSSR count). The van der Waals surface area contributed by atoms with Crippen molar-refractivity contribution in [1.82, 2.24) is 20.1 Å². The molecule has 0 spiro atoms. The Morgan fingerprint density at radius 1 is 1.55 bits per heavy atom. The van der Waals surface area contributed by atoms with Crippen molar-refractivity contribution in [2.75, 3.05) is 23.7 Å². The lowest BCUT2D eigenvalue weighted by Gasteiger charge is -2.19. The van der Waals surface area contributed by atoms with Crippen LogP contribution in [0.15, 0.2) is 36.9 Å². The molecule has 0 atom stereocenters. The van der Waals surface area contributed by atoms with Gasteiger partial charge in [0, 0.05) is 25.0 Å². The van der Waals surface area contributed by atoms with Crippen molar-refractivity contribution in [3.8, 4) is 11.1 Å². The van der Waals surface area contributed by atoms with E-state index in [1.807, 2.05) is 24.5 Å². The van der Waals surface area contributed by atoms with Gasteiger partial charge >= 0.3 is 6.03 Å². The molecule has 0 saturated carbocycles. The van der Waals surface area contributed by atoms with E-state index in [0.717, 1.165) is 17.4 Å². The molecule has 0 aliphatic carbocycles. The highest BCUT2D eigenvalue weighted by molar-refractivity contribution is 8.03. The van der Waals surface area contributed by atoms with E-state index in [9.17, 15) is 4.79 Å². The summed E-state index contributed by atoms with van der Waals surface area (Å²) in [7, 11) is 0. The molecule has 8 heteroatoms. The van der Waals surface area contributed by atoms with Crippen LogP contribution in [0.25, 0.3) is 5.69 Å². The lowest BCUT2D eigenvalue weighted by Crippen LogP contribution is -2.40. The van der Waals surface area contributed by atoms with E-state index in [4.69, 9.17) is 5.26 Å². The van der Waals surface area contributed by atoms with Crippen molar-refractivity contribution in [3.63, 3.8) is 0 Å². The Kier molecular flexibility index (Phi) is 5.80. The van der Waals surface area contributed by atoms with Crippen molar-refractivity contribution in [1.29, 1.82) is 5.26 Å². The molecule has 0 fully saturated rings. The molecule has 0 aromatic carbocycles. The number of thiocyanates is 1. The molecule has 0 saturated heterocycles. The number of thioether (sulfide) groups is 1. The second-order valence-electron chi connectivity index (χ2n) is 4.27. The first-order valence-electron chi connectivity index (χ1n) is 6.77. The summed E-state index contributed by atoms with van der Waals surface area (Å²) < 4.78 is 1.67. The maximum absolute atomic E-state index is 12.2. The molecule has 1 N–H and O–H groups in total. The first-order valence-corrected chi connectivity index (χ1v) is 7.76. The number of pyridine rings is 1. The van der Waals surface area contributed by atoms with Gasteiger partial charge in [0.2, 0.25) is 0 Å². The molecule has 0 radical (unpaired) electrons. The van der Waals surface area contributed by atoms with Gasteiger partial charge in [-0.15, -0.1) is 0 Å². The molecule has 0 aliphatic heterocycles. The van der Waals surface area contributed by atoms with Gasteiger partial charge in [0.1, 0.15) is 5.40 Å². The van der Waals surface area contributed by atoms with Crippen LogP contribution in [0.2, 0.25) is 0 Å². The summed E-state index contributed by atoms with van der Waals surface area (Å²) in [5, 5.41) is 17.5. The summed E-state index contributed by atoms with van der Waals surface area (Å²) in [6.07, 6.45) is 6.81. The minimum atomic E-state index is -0.202. The lowest BCUT2D eigenvalue weighted by atomic mass is 10.4. The number of nitriles is 1. The van der Waals surface area contributed by atoms with Crippen LogP contribution in [-0.2, 0) is 0 Å². The predicted octanol–water partition coefficient (Wildman–Crippen LogP) is 2.02. The topological polar surface area (TPSA) is 86.8 Å². The Morgan fingerprint density at radius 3 is 3.09 bits per heavy atom. The zero-order valence-electron chi connectivity index (χ0n) is 12.1. The number of amides is 2. The third-order valence-electron chi connectivity index (χ3n) is 2.90. The molecule has 7 nitrogen and oxygen atoms in total. The van der Waals surface area contributed by atoms with Crippen molar-refractivity contribution >= 4 is 23.5 Å². The molecule has 2 aromatic rings. The Balaban J connectivity index is 2.04. The summed E-state index contributed by atoms with van der Waals surface area (Å²) in [6, 6.07) is 3.51. The normalized spacial score (nSPS) is 10.0. The van der Waals surface area contributed by atoms with Crippen LogP contribution in [0.4, 0.5) is 10.5 Å². The zero-order valence-corrected chi connectivity index (χ0v) is 13.0. The fourth-order valence-electron chi connectivity index (χ4n) is 1.88. The lowest BCUT2D eigenvalue weighted by molar-refractivity contribution is 0.247. The van der Waals surface area contributed by atoms with Gasteiger partial charge in [-0.25, -0.2) is 9.48 Å². The van der Waals surface area contributed by atoms with E-state index < -0.39 is 0 Å². The molecule has 114 valence electrons. The van der Waals surface area contributed by atoms with Crippen LogP contribution < -0.4 is 10.2 Å².